The number of carbonyl (C=O) groups excluding carboxylic acids is 1. The normalized spacial score (nSPS) is 37.0. The molecule has 2 rings (SSSR count). The number of hydrogen-bond donors (Lipinski definition) is 0. The number of fused-ring (bicyclic) bond motifs is 1. The summed E-state index contributed by atoms with van der Waals surface area (Å²) < 4.78 is 0. The second-order valence-electron chi connectivity index (χ2n) is 7.49. The average Bonchev–Trinajstić information content (AvgIpc) is 2.65. The van der Waals surface area contributed by atoms with Gasteiger partial charge in [0.25, 0.3) is 0 Å². The standard InChI is InChI=1S/C20H30O/c1-14(2)17-13-19(21)20(5)12-11-16(4)8-6-7-15(3)9-10-18(17)20/h7,11,17-18H,1,6,8-10,12-13H2,2-5H3/b15-7+,16-11?/t17-,18+,20-/m1/s1. The second kappa shape index (κ2) is 6.34. The van der Waals surface area contributed by atoms with Crippen molar-refractivity contribution in [2.75, 3.05) is 0 Å². The molecule has 2 aliphatic rings. The first-order valence-corrected chi connectivity index (χ1v) is 8.34. The van der Waals surface area contributed by atoms with Crippen molar-refractivity contribution >= 4 is 5.78 Å². The molecule has 0 aromatic rings. The van der Waals surface area contributed by atoms with Crippen LogP contribution in [0, 0.1) is 17.3 Å². The molecule has 0 radical (unpaired) electrons. The molecular formula is C20H30O. The molecule has 0 amide bonds. The SMILES string of the molecule is C=C(C)[C@H]1CC(=O)[C@]2(C)CC=C(C)CC/C=C(\C)CC[C@@H]12. The highest BCUT2D eigenvalue weighted by Gasteiger charge is 2.50. The van der Waals surface area contributed by atoms with Crippen molar-refractivity contribution in [2.45, 2.75) is 66.2 Å². The van der Waals surface area contributed by atoms with E-state index in [1.54, 1.807) is 0 Å². The Bertz CT molecular complexity index is 494. The van der Waals surface area contributed by atoms with E-state index in [2.05, 4.69) is 46.4 Å². The molecular weight excluding hydrogens is 256 g/mol. The molecule has 0 spiro atoms. The van der Waals surface area contributed by atoms with E-state index < -0.39 is 0 Å². The highest BCUT2D eigenvalue weighted by molar-refractivity contribution is 5.88. The Morgan fingerprint density at radius 2 is 1.90 bits per heavy atom. The first kappa shape index (κ1) is 16.3. The number of rotatable bonds is 1. The fourth-order valence-corrected chi connectivity index (χ4v) is 4.05. The highest BCUT2D eigenvalue weighted by atomic mass is 16.1. The van der Waals surface area contributed by atoms with E-state index in [0.717, 1.165) is 32.1 Å². The summed E-state index contributed by atoms with van der Waals surface area (Å²) in [6.07, 6.45) is 10.8. The smallest absolute Gasteiger partial charge is 0.139 e. The highest BCUT2D eigenvalue weighted by Crippen LogP contribution is 2.51. The van der Waals surface area contributed by atoms with E-state index in [0.29, 0.717) is 24.0 Å². The van der Waals surface area contributed by atoms with E-state index >= 15 is 0 Å². The van der Waals surface area contributed by atoms with Gasteiger partial charge in [-0.15, -0.1) is 0 Å². The molecule has 1 heteroatoms. The van der Waals surface area contributed by atoms with Gasteiger partial charge in [-0.3, -0.25) is 4.79 Å². The summed E-state index contributed by atoms with van der Waals surface area (Å²) in [5.74, 6) is 1.28. The summed E-state index contributed by atoms with van der Waals surface area (Å²) in [7, 11) is 0. The van der Waals surface area contributed by atoms with E-state index in [4.69, 9.17) is 0 Å². The van der Waals surface area contributed by atoms with Crippen LogP contribution in [0.3, 0.4) is 0 Å². The van der Waals surface area contributed by atoms with Gasteiger partial charge in [0.1, 0.15) is 5.78 Å². The van der Waals surface area contributed by atoms with Crippen molar-refractivity contribution in [3.63, 3.8) is 0 Å². The van der Waals surface area contributed by atoms with Gasteiger partial charge in [0.05, 0.1) is 0 Å². The Balaban J connectivity index is 2.36. The third kappa shape index (κ3) is 3.39. The summed E-state index contributed by atoms with van der Waals surface area (Å²) in [4.78, 5) is 12.7. The fourth-order valence-electron chi connectivity index (χ4n) is 4.05. The van der Waals surface area contributed by atoms with Crippen LogP contribution in [-0.4, -0.2) is 5.78 Å². The molecule has 0 saturated heterocycles. The lowest BCUT2D eigenvalue weighted by atomic mass is 9.70. The lowest BCUT2D eigenvalue weighted by molar-refractivity contribution is -0.126. The molecule has 1 nitrogen and oxygen atoms in total. The Kier molecular flexibility index (Phi) is 4.91. The van der Waals surface area contributed by atoms with Gasteiger partial charge in [-0.05, 0) is 64.7 Å². The minimum Gasteiger partial charge on any atom is -0.299 e. The zero-order valence-electron chi connectivity index (χ0n) is 14.2. The number of ketones is 1. The minimum absolute atomic E-state index is 0.185. The summed E-state index contributed by atoms with van der Waals surface area (Å²) in [5.41, 5.74) is 3.91. The minimum atomic E-state index is -0.185. The molecule has 1 saturated carbocycles. The van der Waals surface area contributed by atoms with Crippen molar-refractivity contribution in [3.8, 4) is 0 Å². The van der Waals surface area contributed by atoms with Gasteiger partial charge in [0.2, 0.25) is 0 Å². The molecule has 2 aliphatic carbocycles. The molecule has 0 unspecified atom stereocenters. The van der Waals surface area contributed by atoms with Crippen LogP contribution in [0.5, 0.6) is 0 Å². The summed E-state index contributed by atoms with van der Waals surface area (Å²) >= 11 is 0. The molecule has 0 aliphatic heterocycles. The predicted molar refractivity (Wildman–Crippen MR) is 90.1 cm³/mol. The third-order valence-corrected chi connectivity index (χ3v) is 5.74. The summed E-state index contributed by atoms with van der Waals surface area (Å²) in [6.45, 7) is 12.9. The van der Waals surface area contributed by atoms with Crippen LogP contribution in [0.1, 0.15) is 66.2 Å². The topological polar surface area (TPSA) is 17.1 Å². The fraction of sp³-hybridized carbons (Fsp3) is 0.650. The van der Waals surface area contributed by atoms with E-state index in [9.17, 15) is 4.79 Å². The monoisotopic (exact) mass is 286 g/mol. The lowest BCUT2D eigenvalue weighted by Gasteiger charge is -2.32. The van der Waals surface area contributed by atoms with Crippen LogP contribution >= 0.6 is 0 Å². The van der Waals surface area contributed by atoms with Gasteiger partial charge in [-0.1, -0.05) is 42.4 Å². The quantitative estimate of drug-likeness (QED) is 0.571. The molecule has 0 aromatic carbocycles. The van der Waals surface area contributed by atoms with Gasteiger partial charge in [-0.25, -0.2) is 0 Å². The summed E-state index contributed by atoms with van der Waals surface area (Å²) in [5, 5.41) is 0. The number of hydrogen-bond acceptors (Lipinski definition) is 1. The third-order valence-electron chi connectivity index (χ3n) is 5.74. The molecule has 0 heterocycles. The van der Waals surface area contributed by atoms with E-state index in [1.165, 1.54) is 16.7 Å². The van der Waals surface area contributed by atoms with Crippen molar-refractivity contribution in [1.29, 1.82) is 0 Å². The Hall–Kier alpha value is -1.11. The Labute approximate surface area is 130 Å². The van der Waals surface area contributed by atoms with Crippen molar-refractivity contribution in [1.82, 2.24) is 0 Å². The van der Waals surface area contributed by atoms with Crippen LogP contribution in [0.25, 0.3) is 0 Å². The van der Waals surface area contributed by atoms with E-state index in [-0.39, 0.29) is 5.41 Å². The number of Topliss-reactive ketones (excluding diaryl/α,β-unsaturated/α-hetero) is 1. The van der Waals surface area contributed by atoms with Gasteiger partial charge < -0.3 is 0 Å². The van der Waals surface area contributed by atoms with Gasteiger partial charge in [0, 0.05) is 11.8 Å². The lowest BCUT2D eigenvalue weighted by Crippen LogP contribution is -2.30. The molecule has 1 fully saturated rings. The molecule has 116 valence electrons. The number of carbonyl (C=O) groups is 1. The first-order valence-electron chi connectivity index (χ1n) is 8.34. The maximum Gasteiger partial charge on any atom is 0.139 e. The molecule has 0 aromatic heterocycles. The van der Waals surface area contributed by atoms with Crippen LogP contribution in [-0.2, 0) is 4.79 Å². The predicted octanol–water partition coefficient (Wildman–Crippen LogP) is 5.63. The van der Waals surface area contributed by atoms with Gasteiger partial charge in [0.15, 0.2) is 0 Å². The van der Waals surface area contributed by atoms with Crippen molar-refractivity contribution in [2.24, 2.45) is 17.3 Å². The van der Waals surface area contributed by atoms with Crippen LogP contribution < -0.4 is 0 Å². The van der Waals surface area contributed by atoms with Crippen LogP contribution in [0.4, 0.5) is 0 Å². The Morgan fingerprint density at radius 1 is 1.24 bits per heavy atom. The average molecular weight is 286 g/mol. The molecule has 3 atom stereocenters. The van der Waals surface area contributed by atoms with Gasteiger partial charge >= 0.3 is 0 Å². The van der Waals surface area contributed by atoms with Gasteiger partial charge in [-0.2, -0.15) is 0 Å². The van der Waals surface area contributed by atoms with E-state index in [1.807, 2.05) is 0 Å². The molecule has 0 bridgehead atoms. The second-order valence-corrected chi connectivity index (χ2v) is 7.49. The summed E-state index contributed by atoms with van der Waals surface area (Å²) in [6, 6.07) is 0. The Morgan fingerprint density at radius 3 is 2.57 bits per heavy atom. The largest absolute Gasteiger partial charge is 0.299 e. The maximum atomic E-state index is 12.7. The maximum absolute atomic E-state index is 12.7. The first-order chi connectivity index (χ1) is 9.84. The molecule has 21 heavy (non-hydrogen) atoms. The number of allylic oxidation sites excluding steroid dienone is 5. The van der Waals surface area contributed by atoms with Crippen LogP contribution in [0.15, 0.2) is 35.5 Å². The van der Waals surface area contributed by atoms with Crippen molar-refractivity contribution < 1.29 is 4.79 Å². The zero-order valence-corrected chi connectivity index (χ0v) is 14.2. The molecule has 0 N–H and O–H groups in total. The zero-order chi connectivity index (χ0) is 15.6. The van der Waals surface area contributed by atoms with Crippen molar-refractivity contribution in [3.05, 3.63) is 35.5 Å². The van der Waals surface area contributed by atoms with Crippen LogP contribution in [0.2, 0.25) is 0 Å².